The quantitative estimate of drug-likeness (QED) is 0.635. The Morgan fingerprint density at radius 3 is 2.89 bits per heavy atom. The average molecular weight is 345 g/mol. The maximum Gasteiger partial charge on any atom is 0.0638 e. The summed E-state index contributed by atoms with van der Waals surface area (Å²) in [5, 5.41) is 4.45. The van der Waals surface area contributed by atoms with E-state index < -0.39 is 0 Å². The molecule has 3 heteroatoms. The third-order valence-electron chi connectivity index (χ3n) is 4.07. The van der Waals surface area contributed by atoms with E-state index in [1.807, 2.05) is 12.1 Å². The number of benzene rings is 1. The van der Waals surface area contributed by atoms with Crippen molar-refractivity contribution in [1.82, 2.24) is 0 Å². The number of hydrogen-bond acceptors (Lipinski definition) is 1. The molecular formula is C16H23BrClN. The predicted molar refractivity (Wildman–Crippen MR) is 88.0 cm³/mol. The Bertz CT molecular complexity index is 408. The molecule has 1 N–H and O–H groups in total. The molecule has 2 unspecified atom stereocenters. The molecule has 0 radical (unpaired) electrons. The number of hydrogen-bond donors (Lipinski definition) is 1. The first-order valence-corrected chi connectivity index (χ1v) is 8.57. The molecule has 1 nitrogen and oxygen atoms in total. The molecule has 1 aromatic carbocycles. The lowest BCUT2D eigenvalue weighted by atomic mass is 9.95. The predicted octanol–water partition coefficient (Wildman–Crippen LogP) is 6.26. The Balaban J connectivity index is 1.94. The molecule has 1 aromatic rings. The van der Waals surface area contributed by atoms with Gasteiger partial charge in [0.25, 0.3) is 0 Å². The smallest absolute Gasteiger partial charge is 0.0638 e. The Morgan fingerprint density at radius 1 is 1.26 bits per heavy atom. The summed E-state index contributed by atoms with van der Waals surface area (Å²) in [4.78, 5) is 0. The Labute approximate surface area is 130 Å². The molecule has 1 saturated carbocycles. The van der Waals surface area contributed by atoms with Crippen LogP contribution in [0, 0.1) is 5.92 Å². The van der Waals surface area contributed by atoms with E-state index in [0.29, 0.717) is 6.04 Å². The summed E-state index contributed by atoms with van der Waals surface area (Å²) in [6.07, 6.45) is 9.35. The van der Waals surface area contributed by atoms with E-state index in [1.165, 1.54) is 44.9 Å². The van der Waals surface area contributed by atoms with Gasteiger partial charge in [-0.15, -0.1) is 0 Å². The SMILES string of the molecule is CCCC1CCCC(Nc2cc(Br)ccc2Cl)CC1. The Kier molecular flexibility index (Phi) is 6.03. The second-order valence-electron chi connectivity index (χ2n) is 5.63. The molecule has 1 aliphatic rings. The minimum Gasteiger partial charge on any atom is -0.381 e. The van der Waals surface area contributed by atoms with Crippen LogP contribution < -0.4 is 5.32 Å². The van der Waals surface area contributed by atoms with E-state index in [4.69, 9.17) is 11.6 Å². The van der Waals surface area contributed by atoms with Crippen LogP contribution in [0.5, 0.6) is 0 Å². The van der Waals surface area contributed by atoms with Crippen LogP contribution in [0.25, 0.3) is 0 Å². The molecule has 0 bridgehead atoms. The van der Waals surface area contributed by atoms with Crippen LogP contribution in [0.4, 0.5) is 5.69 Å². The normalized spacial score (nSPS) is 23.9. The van der Waals surface area contributed by atoms with Crippen molar-refractivity contribution in [2.24, 2.45) is 5.92 Å². The van der Waals surface area contributed by atoms with Crippen LogP contribution in [0.1, 0.15) is 51.9 Å². The highest BCUT2D eigenvalue weighted by molar-refractivity contribution is 9.10. The zero-order valence-corrected chi connectivity index (χ0v) is 13.9. The highest BCUT2D eigenvalue weighted by Crippen LogP contribution is 2.31. The lowest BCUT2D eigenvalue weighted by molar-refractivity contribution is 0.422. The average Bonchev–Trinajstić information content (AvgIpc) is 2.60. The minimum atomic E-state index is 0.577. The van der Waals surface area contributed by atoms with Crippen molar-refractivity contribution in [2.75, 3.05) is 5.32 Å². The molecular weight excluding hydrogens is 322 g/mol. The molecule has 0 heterocycles. The van der Waals surface area contributed by atoms with E-state index in [9.17, 15) is 0 Å². The molecule has 19 heavy (non-hydrogen) atoms. The molecule has 2 atom stereocenters. The first kappa shape index (κ1) is 15.2. The number of halogens is 2. The Morgan fingerprint density at radius 2 is 2.11 bits per heavy atom. The van der Waals surface area contributed by atoms with Gasteiger partial charge in [-0.3, -0.25) is 0 Å². The topological polar surface area (TPSA) is 12.0 Å². The van der Waals surface area contributed by atoms with E-state index in [1.54, 1.807) is 0 Å². The standard InChI is InChI=1S/C16H23BrClN/c1-2-4-12-5-3-6-14(9-7-12)19-16-11-13(17)8-10-15(16)18/h8,10-12,14,19H,2-7,9H2,1H3. The Hall–Kier alpha value is -0.210. The molecule has 0 saturated heterocycles. The van der Waals surface area contributed by atoms with Gasteiger partial charge in [0.15, 0.2) is 0 Å². The summed E-state index contributed by atoms with van der Waals surface area (Å²) < 4.78 is 1.08. The van der Waals surface area contributed by atoms with Crippen molar-refractivity contribution in [2.45, 2.75) is 57.9 Å². The third-order valence-corrected chi connectivity index (χ3v) is 4.90. The summed E-state index contributed by atoms with van der Waals surface area (Å²) in [7, 11) is 0. The van der Waals surface area contributed by atoms with Gasteiger partial charge >= 0.3 is 0 Å². The summed E-state index contributed by atoms with van der Waals surface area (Å²) in [6, 6.07) is 6.59. The lowest BCUT2D eigenvalue weighted by Crippen LogP contribution is -2.18. The highest BCUT2D eigenvalue weighted by Gasteiger charge is 2.18. The summed E-state index contributed by atoms with van der Waals surface area (Å²) >= 11 is 9.76. The van der Waals surface area contributed by atoms with Gasteiger partial charge in [-0.05, 0) is 43.4 Å². The van der Waals surface area contributed by atoms with Crippen LogP contribution in [0.3, 0.4) is 0 Å². The second kappa shape index (κ2) is 7.54. The van der Waals surface area contributed by atoms with Crippen LogP contribution in [0.15, 0.2) is 22.7 Å². The zero-order chi connectivity index (χ0) is 13.7. The number of anilines is 1. The van der Waals surface area contributed by atoms with Crippen molar-refractivity contribution in [3.8, 4) is 0 Å². The molecule has 0 spiro atoms. The van der Waals surface area contributed by atoms with Gasteiger partial charge in [-0.25, -0.2) is 0 Å². The maximum absolute atomic E-state index is 6.25. The van der Waals surface area contributed by atoms with Crippen LogP contribution in [-0.2, 0) is 0 Å². The van der Waals surface area contributed by atoms with Gasteiger partial charge in [0.05, 0.1) is 10.7 Å². The lowest BCUT2D eigenvalue weighted by Gasteiger charge is -2.19. The monoisotopic (exact) mass is 343 g/mol. The van der Waals surface area contributed by atoms with E-state index in [-0.39, 0.29) is 0 Å². The van der Waals surface area contributed by atoms with E-state index in [0.717, 1.165) is 21.1 Å². The van der Waals surface area contributed by atoms with Crippen molar-refractivity contribution in [3.63, 3.8) is 0 Å². The van der Waals surface area contributed by atoms with E-state index >= 15 is 0 Å². The first-order chi connectivity index (χ1) is 9.19. The van der Waals surface area contributed by atoms with Gasteiger partial charge in [0.1, 0.15) is 0 Å². The zero-order valence-electron chi connectivity index (χ0n) is 11.6. The molecule has 2 rings (SSSR count). The van der Waals surface area contributed by atoms with Crippen LogP contribution in [-0.4, -0.2) is 6.04 Å². The summed E-state index contributed by atoms with van der Waals surface area (Å²) in [5.74, 6) is 0.940. The van der Waals surface area contributed by atoms with Gasteiger partial charge < -0.3 is 5.32 Å². The van der Waals surface area contributed by atoms with Crippen molar-refractivity contribution < 1.29 is 0 Å². The van der Waals surface area contributed by atoms with Gasteiger partial charge in [0.2, 0.25) is 0 Å². The highest BCUT2D eigenvalue weighted by atomic mass is 79.9. The summed E-state index contributed by atoms with van der Waals surface area (Å²) in [5.41, 5.74) is 1.06. The van der Waals surface area contributed by atoms with Crippen molar-refractivity contribution >= 4 is 33.2 Å². The van der Waals surface area contributed by atoms with Gasteiger partial charge in [-0.2, -0.15) is 0 Å². The van der Waals surface area contributed by atoms with Crippen molar-refractivity contribution in [1.29, 1.82) is 0 Å². The molecule has 1 fully saturated rings. The van der Waals surface area contributed by atoms with Crippen LogP contribution in [0.2, 0.25) is 5.02 Å². The maximum atomic E-state index is 6.25. The fourth-order valence-corrected chi connectivity index (χ4v) is 3.58. The van der Waals surface area contributed by atoms with Crippen molar-refractivity contribution in [3.05, 3.63) is 27.7 Å². The number of nitrogens with one attached hydrogen (secondary N) is 1. The molecule has 0 aromatic heterocycles. The fraction of sp³-hybridized carbons (Fsp3) is 0.625. The largest absolute Gasteiger partial charge is 0.381 e. The first-order valence-electron chi connectivity index (χ1n) is 7.40. The molecule has 0 aliphatic heterocycles. The van der Waals surface area contributed by atoms with E-state index in [2.05, 4.69) is 34.2 Å². The second-order valence-corrected chi connectivity index (χ2v) is 6.95. The van der Waals surface area contributed by atoms with Gasteiger partial charge in [0, 0.05) is 10.5 Å². The van der Waals surface area contributed by atoms with Crippen LogP contribution >= 0.6 is 27.5 Å². The summed E-state index contributed by atoms with van der Waals surface area (Å²) in [6.45, 7) is 2.29. The molecule has 0 amide bonds. The number of rotatable bonds is 4. The minimum absolute atomic E-state index is 0.577. The molecule has 106 valence electrons. The third kappa shape index (κ3) is 4.68. The van der Waals surface area contributed by atoms with Gasteiger partial charge in [-0.1, -0.05) is 60.1 Å². The fourth-order valence-electron chi connectivity index (χ4n) is 3.05. The molecule has 1 aliphatic carbocycles.